The fourth-order valence-corrected chi connectivity index (χ4v) is 3.45. The number of aryl methyl sites for hydroxylation is 3. The molecule has 5 nitrogen and oxygen atoms in total. The zero-order valence-corrected chi connectivity index (χ0v) is 14.8. The van der Waals surface area contributed by atoms with Crippen LogP contribution in [0.3, 0.4) is 0 Å². The maximum absolute atomic E-state index is 12.6. The van der Waals surface area contributed by atoms with Gasteiger partial charge in [0.05, 0.1) is 22.0 Å². The van der Waals surface area contributed by atoms with Crippen molar-refractivity contribution in [1.29, 1.82) is 0 Å². The molecule has 2 aromatic heterocycles. The van der Waals surface area contributed by atoms with E-state index in [0.717, 1.165) is 31.7 Å². The number of halogens is 1. The quantitative estimate of drug-likeness (QED) is 0.894. The van der Waals surface area contributed by atoms with E-state index >= 15 is 0 Å². The smallest absolute Gasteiger partial charge is 0.253 e. The lowest BCUT2D eigenvalue weighted by atomic mass is 9.86. The average molecular weight is 367 g/mol. The van der Waals surface area contributed by atoms with Gasteiger partial charge in [-0.2, -0.15) is 5.10 Å². The summed E-state index contributed by atoms with van der Waals surface area (Å²) in [4.78, 5) is 16.7. The van der Waals surface area contributed by atoms with Crippen molar-refractivity contribution >= 4 is 17.5 Å². The Morgan fingerprint density at radius 2 is 2.16 bits per heavy atom. The molecule has 2 heterocycles. The lowest BCUT2D eigenvalue weighted by Crippen LogP contribution is -2.38. The Hall–Kier alpha value is -1.88. The van der Waals surface area contributed by atoms with Gasteiger partial charge in [-0.1, -0.05) is 11.6 Å². The molecule has 0 radical (unpaired) electrons. The number of hydrogen-bond donors (Lipinski definition) is 1. The topological polar surface area (TPSA) is 59.8 Å². The number of aromatic nitrogens is 3. The Morgan fingerprint density at radius 3 is 2.88 bits per heavy atom. The van der Waals surface area contributed by atoms with E-state index in [1.54, 1.807) is 13.0 Å². The standard InChI is InChI=1S/C19H25ClN4O/c1-12-8-13(2)24(23-12)11-15-4-6-17(7-5-15)22-19(25)18-9-16(20)10-21-14(18)3/h8-10,15,17H,4-7,11H2,1-3H3,(H,22,25)/i1D3,2D3. The molecular formula is C19H25ClN4O. The summed E-state index contributed by atoms with van der Waals surface area (Å²) >= 11 is 5.95. The van der Waals surface area contributed by atoms with Gasteiger partial charge in [-0.3, -0.25) is 14.5 Å². The first-order valence-corrected chi connectivity index (χ1v) is 8.74. The summed E-state index contributed by atoms with van der Waals surface area (Å²) in [5.41, 5.74) is 0.797. The van der Waals surface area contributed by atoms with Gasteiger partial charge >= 0.3 is 0 Å². The Bertz CT molecular complexity index is 948. The highest BCUT2D eigenvalue weighted by Crippen LogP contribution is 2.26. The molecule has 1 N–H and O–H groups in total. The molecule has 1 aliphatic rings. The molecule has 0 aliphatic heterocycles. The summed E-state index contributed by atoms with van der Waals surface area (Å²) in [5, 5.41) is 7.50. The molecule has 0 spiro atoms. The van der Waals surface area contributed by atoms with Crippen LogP contribution in [-0.2, 0) is 6.54 Å². The summed E-state index contributed by atoms with van der Waals surface area (Å²) < 4.78 is 47.0. The number of nitrogens with zero attached hydrogens (tertiary/aromatic N) is 3. The largest absolute Gasteiger partial charge is 0.349 e. The normalized spacial score (nSPS) is 25.0. The third-order valence-corrected chi connectivity index (χ3v) is 4.90. The van der Waals surface area contributed by atoms with Crippen LogP contribution in [-0.4, -0.2) is 26.7 Å². The Balaban J connectivity index is 1.62. The molecule has 134 valence electrons. The van der Waals surface area contributed by atoms with Crippen molar-refractivity contribution in [3.63, 3.8) is 0 Å². The second-order valence-electron chi connectivity index (χ2n) is 6.57. The molecule has 1 fully saturated rings. The fraction of sp³-hybridized carbons (Fsp3) is 0.526. The summed E-state index contributed by atoms with van der Waals surface area (Å²) in [6, 6.07) is 2.76. The number of amides is 1. The minimum Gasteiger partial charge on any atom is -0.349 e. The number of pyridine rings is 1. The molecule has 0 atom stereocenters. The second-order valence-corrected chi connectivity index (χ2v) is 7.01. The summed E-state index contributed by atoms with van der Waals surface area (Å²) in [6.45, 7) is -2.81. The van der Waals surface area contributed by atoms with Crippen LogP contribution in [0.25, 0.3) is 0 Å². The number of hydrogen-bond acceptors (Lipinski definition) is 3. The highest BCUT2D eigenvalue weighted by atomic mass is 35.5. The highest BCUT2D eigenvalue weighted by Gasteiger charge is 2.24. The number of rotatable bonds is 4. The molecule has 1 amide bonds. The van der Waals surface area contributed by atoms with Crippen molar-refractivity contribution in [1.82, 2.24) is 20.1 Å². The van der Waals surface area contributed by atoms with Gasteiger partial charge in [-0.15, -0.1) is 0 Å². The summed E-state index contributed by atoms with van der Waals surface area (Å²) in [7, 11) is 0. The van der Waals surface area contributed by atoms with Crippen molar-refractivity contribution in [3.05, 3.63) is 46.0 Å². The van der Waals surface area contributed by atoms with Crippen LogP contribution >= 0.6 is 11.6 Å². The van der Waals surface area contributed by atoms with Gasteiger partial charge in [0.2, 0.25) is 0 Å². The zero-order valence-electron chi connectivity index (χ0n) is 20.1. The molecule has 0 aromatic carbocycles. The van der Waals surface area contributed by atoms with Crippen LogP contribution in [0.5, 0.6) is 0 Å². The van der Waals surface area contributed by atoms with Crippen LogP contribution in [0.4, 0.5) is 0 Å². The molecule has 0 saturated heterocycles. The lowest BCUT2D eigenvalue weighted by molar-refractivity contribution is 0.0919. The Morgan fingerprint density at radius 1 is 1.36 bits per heavy atom. The third kappa shape index (κ3) is 4.40. The fourth-order valence-electron chi connectivity index (χ4n) is 3.29. The first-order chi connectivity index (χ1) is 14.3. The minimum absolute atomic E-state index is 0.000208. The lowest BCUT2D eigenvalue weighted by Gasteiger charge is -2.29. The third-order valence-electron chi connectivity index (χ3n) is 4.69. The molecule has 2 aromatic rings. The van der Waals surface area contributed by atoms with Crippen LogP contribution in [0.15, 0.2) is 18.3 Å². The number of nitrogens with one attached hydrogen (secondary N) is 1. The molecular weight excluding hydrogens is 336 g/mol. The van der Waals surface area contributed by atoms with Crippen LogP contribution < -0.4 is 5.32 Å². The van der Waals surface area contributed by atoms with E-state index in [1.807, 2.05) is 0 Å². The Labute approximate surface area is 162 Å². The van der Waals surface area contributed by atoms with E-state index in [-0.39, 0.29) is 29.3 Å². The molecule has 1 aliphatic carbocycles. The van der Waals surface area contributed by atoms with Crippen molar-refractivity contribution in [3.8, 4) is 0 Å². The highest BCUT2D eigenvalue weighted by molar-refractivity contribution is 6.30. The van der Waals surface area contributed by atoms with Gasteiger partial charge in [-0.25, -0.2) is 0 Å². The van der Waals surface area contributed by atoms with E-state index in [1.165, 1.54) is 10.9 Å². The van der Waals surface area contributed by atoms with Crippen LogP contribution in [0.1, 0.15) is 61.3 Å². The van der Waals surface area contributed by atoms with Gasteiger partial charge in [0.25, 0.3) is 5.91 Å². The Kier molecular flexibility index (Phi) is 3.53. The monoisotopic (exact) mass is 366 g/mol. The number of carbonyl (C=O) groups excluding carboxylic acids is 1. The maximum Gasteiger partial charge on any atom is 0.253 e. The van der Waals surface area contributed by atoms with Crippen molar-refractivity contribution in [2.75, 3.05) is 0 Å². The average Bonchev–Trinajstić information content (AvgIpc) is 3.10. The molecule has 1 saturated carbocycles. The van der Waals surface area contributed by atoms with Crippen molar-refractivity contribution in [2.24, 2.45) is 5.92 Å². The predicted molar refractivity (Wildman–Crippen MR) is 98.9 cm³/mol. The van der Waals surface area contributed by atoms with Crippen LogP contribution in [0.2, 0.25) is 5.02 Å². The van der Waals surface area contributed by atoms with Gasteiger partial charge in [0.15, 0.2) is 0 Å². The molecule has 0 unspecified atom stereocenters. The first-order valence-electron chi connectivity index (χ1n) is 11.4. The number of carbonyl (C=O) groups is 1. The summed E-state index contributed by atoms with van der Waals surface area (Å²) in [5.74, 6) is -0.0665. The van der Waals surface area contributed by atoms with Crippen molar-refractivity contribution in [2.45, 2.75) is 58.9 Å². The van der Waals surface area contributed by atoms with Crippen LogP contribution in [0, 0.1) is 26.5 Å². The minimum atomic E-state index is -2.46. The maximum atomic E-state index is 12.6. The zero-order chi connectivity index (χ0) is 23.0. The van der Waals surface area contributed by atoms with E-state index < -0.39 is 13.7 Å². The SMILES string of the molecule is [2H]C([2H])([2H])c1cc(C([2H])([2H])[2H])n(CC2CCC(NC(=O)c3cc(Cl)cnc3C)CC2)n1. The molecule has 0 bridgehead atoms. The van der Waals surface area contributed by atoms with E-state index in [9.17, 15) is 4.79 Å². The van der Waals surface area contributed by atoms with Crippen molar-refractivity contribution < 1.29 is 13.0 Å². The van der Waals surface area contributed by atoms with E-state index in [0.29, 0.717) is 22.8 Å². The molecule has 25 heavy (non-hydrogen) atoms. The molecule has 3 rings (SSSR count). The van der Waals surface area contributed by atoms with Gasteiger partial charge in [-0.05, 0) is 64.4 Å². The summed E-state index contributed by atoms with van der Waals surface area (Å²) in [6.07, 6.45) is 4.50. The van der Waals surface area contributed by atoms with E-state index in [2.05, 4.69) is 15.4 Å². The molecule has 6 heteroatoms. The predicted octanol–water partition coefficient (Wildman–Crippen LogP) is 3.85. The van der Waals surface area contributed by atoms with Gasteiger partial charge < -0.3 is 5.32 Å². The van der Waals surface area contributed by atoms with Gasteiger partial charge in [0.1, 0.15) is 0 Å². The van der Waals surface area contributed by atoms with Gasteiger partial charge in [0, 0.05) is 32.7 Å². The first kappa shape index (κ1) is 11.7. The van der Waals surface area contributed by atoms with E-state index in [4.69, 9.17) is 19.8 Å². The second kappa shape index (κ2) is 7.56.